The van der Waals surface area contributed by atoms with Crippen molar-refractivity contribution in [3.63, 3.8) is 0 Å². The van der Waals surface area contributed by atoms with Gasteiger partial charge in [-0.3, -0.25) is 9.00 Å². The Kier molecular flexibility index (Phi) is 2.06. The van der Waals surface area contributed by atoms with Crippen LogP contribution in [0.1, 0.15) is 18.4 Å². The Bertz CT molecular complexity index is 480. The van der Waals surface area contributed by atoms with Gasteiger partial charge in [-0.25, -0.2) is 0 Å². The van der Waals surface area contributed by atoms with Crippen molar-refractivity contribution < 1.29 is 13.7 Å². The first-order valence-electron chi connectivity index (χ1n) is 5.34. The van der Waals surface area contributed by atoms with Gasteiger partial charge in [0.05, 0.1) is 10.8 Å². The number of aryl methyl sites for hydroxylation is 1. The van der Waals surface area contributed by atoms with Crippen molar-refractivity contribution in [1.29, 1.82) is 0 Å². The van der Waals surface area contributed by atoms with Crippen LogP contribution in [0.5, 0.6) is 0 Å². The molecule has 0 aromatic heterocycles. The molecule has 3 atom stereocenters. The summed E-state index contributed by atoms with van der Waals surface area (Å²) in [5.41, 5.74) is 1.12. The van der Waals surface area contributed by atoms with Crippen LogP contribution >= 0.6 is 0 Å². The van der Waals surface area contributed by atoms with Crippen molar-refractivity contribution in [3.05, 3.63) is 29.8 Å². The highest BCUT2D eigenvalue weighted by Gasteiger charge is 2.70. The van der Waals surface area contributed by atoms with Crippen molar-refractivity contribution in [2.45, 2.75) is 35.7 Å². The van der Waals surface area contributed by atoms with Gasteiger partial charge in [0.25, 0.3) is 0 Å². The fourth-order valence-corrected chi connectivity index (χ4v) is 3.81. The second-order valence-corrected chi connectivity index (χ2v) is 5.93. The number of epoxide rings is 1. The SMILES string of the molecule is Cc1ccc(S(=O)[C@@]23O[C@@H]2CCC3=O)cc1. The Hall–Kier alpha value is -1.00. The highest BCUT2D eigenvalue weighted by molar-refractivity contribution is 7.87. The van der Waals surface area contributed by atoms with Crippen molar-refractivity contribution in [2.24, 2.45) is 0 Å². The molecule has 0 spiro atoms. The third kappa shape index (κ3) is 1.23. The second kappa shape index (κ2) is 3.25. The molecule has 3 rings (SSSR count). The van der Waals surface area contributed by atoms with Crippen LogP contribution in [0.2, 0.25) is 0 Å². The zero-order chi connectivity index (χ0) is 11.3. The lowest BCUT2D eigenvalue weighted by atomic mass is 10.2. The van der Waals surface area contributed by atoms with Crippen LogP contribution in [0.15, 0.2) is 29.2 Å². The third-order valence-corrected chi connectivity index (χ3v) is 5.05. The topological polar surface area (TPSA) is 46.7 Å². The van der Waals surface area contributed by atoms with Gasteiger partial charge in [-0.05, 0) is 25.5 Å². The fourth-order valence-electron chi connectivity index (χ4n) is 2.21. The molecule has 3 nitrogen and oxygen atoms in total. The molecule has 2 aliphatic rings. The molecule has 1 aliphatic carbocycles. The van der Waals surface area contributed by atoms with Crippen LogP contribution in [-0.4, -0.2) is 21.0 Å². The van der Waals surface area contributed by atoms with E-state index >= 15 is 0 Å². The van der Waals surface area contributed by atoms with Gasteiger partial charge < -0.3 is 4.74 Å². The molecule has 1 aliphatic heterocycles. The number of ether oxygens (including phenoxy) is 1. The first kappa shape index (κ1) is 10.2. The highest BCUT2D eigenvalue weighted by atomic mass is 32.2. The fraction of sp³-hybridized carbons (Fsp3) is 0.417. The standard InChI is InChI=1S/C12H12O3S/c1-8-2-4-9(5-3-8)16(14)12-10(13)6-7-11(12)15-12/h2-5,11H,6-7H2,1H3/t11-,12-,16?/m1/s1. The number of carbonyl (C=O) groups is 1. The van der Waals surface area contributed by atoms with E-state index < -0.39 is 15.7 Å². The van der Waals surface area contributed by atoms with E-state index in [0.717, 1.165) is 12.0 Å². The van der Waals surface area contributed by atoms with E-state index in [1.165, 1.54) is 0 Å². The van der Waals surface area contributed by atoms with Gasteiger partial charge in [0.1, 0.15) is 6.10 Å². The molecular formula is C12H12O3S. The van der Waals surface area contributed by atoms with E-state index in [0.29, 0.717) is 11.3 Å². The maximum absolute atomic E-state index is 12.3. The molecule has 0 N–H and O–H groups in total. The minimum Gasteiger partial charge on any atom is -0.344 e. The number of carbonyl (C=O) groups excluding carboxylic acids is 1. The Morgan fingerprint density at radius 1 is 1.38 bits per heavy atom. The zero-order valence-corrected chi connectivity index (χ0v) is 9.75. The summed E-state index contributed by atoms with van der Waals surface area (Å²) in [6.07, 6.45) is 1.11. The normalized spacial score (nSPS) is 33.6. The Labute approximate surface area is 96.3 Å². The Morgan fingerprint density at radius 2 is 2.06 bits per heavy atom. The van der Waals surface area contributed by atoms with Crippen LogP contribution in [0.25, 0.3) is 0 Å². The quantitative estimate of drug-likeness (QED) is 0.732. The summed E-state index contributed by atoms with van der Waals surface area (Å²) >= 11 is 0. The van der Waals surface area contributed by atoms with Gasteiger partial charge >= 0.3 is 0 Å². The van der Waals surface area contributed by atoms with E-state index in [9.17, 15) is 9.00 Å². The molecule has 1 saturated heterocycles. The van der Waals surface area contributed by atoms with Crippen molar-refractivity contribution in [1.82, 2.24) is 0 Å². The van der Waals surface area contributed by atoms with Crippen LogP contribution in [0.3, 0.4) is 0 Å². The molecule has 1 saturated carbocycles. The summed E-state index contributed by atoms with van der Waals surface area (Å²) in [5, 5.41) is 0. The monoisotopic (exact) mass is 236 g/mol. The first-order chi connectivity index (χ1) is 7.64. The van der Waals surface area contributed by atoms with E-state index in [2.05, 4.69) is 0 Å². The highest BCUT2D eigenvalue weighted by Crippen LogP contribution is 2.51. The molecule has 2 fully saturated rings. The van der Waals surface area contributed by atoms with Crippen molar-refractivity contribution in [2.75, 3.05) is 0 Å². The van der Waals surface area contributed by atoms with E-state index in [4.69, 9.17) is 4.74 Å². The Morgan fingerprint density at radius 3 is 2.56 bits per heavy atom. The minimum atomic E-state index is -1.36. The summed E-state index contributed by atoms with van der Waals surface area (Å²) in [7, 11) is -1.36. The number of rotatable bonds is 2. The maximum Gasteiger partial charge on any atom is 0.232 e. The number of hydrogen-bond acceptors (Lipinski definition) is 3. The second-order valence-electron chi connectivity index (χ2n) is 4.32. The van der Waals surface area contributed by atoms with Gasteiger partial charge in [-0.2, -0.15) is 0 Å². The van der Waals surface area contributed by atoms with Crippen molar-refractivity contribution in [3.8, 4) is 0 Å². The largest absolute Gasteiger partial charge is 0.344 e. The lowest BCUT2D eigenvalue weighted by molar-refractivity contribution is -0.121. The van der Waals surface area contributed by atoms with E-state index in [-0.39, 0.29) is 11.9 Å². The number of hydrogen-bond donors (Lipinski definition) is 0. The predicted octanol–water partition coefficient (Wildman–Crippen LogP) is 1.56. The van der Waals surface area contributed by atoms with Crippen LogP contribution in [0, 0.1) is 6.92 Å². The lowest BCUT2D eigenvalue weighted by Gasteiger charge is -2.07. The molecule has 1 aromatic carbocycles. The molecule has 16 heavy (non-hydrogen) atoms. The van der Waals surface area contributed by atoms with Crippen LogP contribution < -0.4 is 0 Å². The molecule has 1 aromatic rings. The number of benzene rings is 1. The van der Waals surface area contributed by atoms with Crippen molar-refractivity contribution >= 4 is 16.6 Å². The molecule has 4 heteroatoms. The van der Waals surface area contributed by atoms with E-state index in [1.54, 1.807) is 0 Å². The summed E-state index contributed by atoms with van der Waals surface area (Å²) in [6, 6.07) is 7.43. The zero-order valence-electron chi connectivity index (χ0n) is 8.93. The average Bonchev–Trinajstić information content (AvgIpc) is 2.94. The molecule has 0 bridgehead atoms. The van der Waals surface area contributed by atoms with Gasteiger partial charge in [0.15, 0.2) is 5.78 Å². The smallest absolute Gasteiger partial charge is 0.232 e. The summed E-state index contributed by atoms with van der Waals surface area (Å²) in [4.78, 5) is 11.4. The lowest BCUT2D eigenvalue weighted by Crippen LogP contribution is -2.27. The number of ketones is 1. The summed E-state index contributed by atoms with van der Waals surface area (Å²) in [5.74, 6) is -0.00333. The molecule has 1 unspecified atom stereocenters. The molecule has 0 amide bonds. The average molecular weight is 236 g/mol. The molecule has 0 radical (unpaired) electrons. The number of fused-ring (bicyclic) bond motifs is 1. The van der Waals surface area contributed by atoms with Crippen LogP contribution in [0.4, 0.5) is 0 Å². The molecule has 1 heterocycles. The molecule has 84 valence electrons. The van der Waals surface area contributed by atoms with Gasteiger partial charge in [0, 0.05) is 11.3 Å². The molecular weight excluding hydrogens is 224 g/mol. The van der Waals surface area contributed by atoms with E-state index in [1.807, 2.05) is 31.2 Å². The Balaban J connectivity index is 1.94. The maximum atomic E-state index is 12.3. The van der Waals surface area contributed by atoms with Gasteiger partial charge in [-0.1, -0.05) is 17.7 Å². The first-order valence-corrected chi connectivity index (χ1v) is 6.49. The van der Waals surface area contributed by atoms with Crippen LogP contribution in [-0.2, 0) is 20.3 Å². The summed E-state index contributed by atoms with van der Waals surface area (Å²) < 4.78 is 17.6. The van der Waals surface area contributed by atoms with Gasteiger partial charge in [-0.15, -0.1) is 0 Å². The predicted molar refractivity (Wildman–Crippen MR) is 59.4 cm³/mol. The number of Topliss-reactive ketones (excluding diaryl/α,β-unsaturated/α-hetero) is 1. The van der Waals surface area contributed by atoms with Gasteiger partial charge in [0.2, 0.25) is 4.93 Å². The third-order valence-electron chi connectivity index (χ3n) is 3.22. The summed E-state index contributed by atoms with van der Waals surface area (Å²) in [6.45, 7) is 1.97. The minimum absolute atomic E-state index is 0.00333.